The number of hydrogen-bond acceptors (Lipinski definition) is 6. The summed E-state index contributed by atoms with van der Waals surface area (Å²) in [5.74, 6) is 0.132. The first-order chi connectivity index (χ1) is 11.1. The zero-order valence-electron chi connectivity index (χ0n) is 13.4. The summed E-state index contributed by atoms with van der Waals surface area (Å²) >= 11 is 2.97. The number of anilines is 2. The smallest absolute Gasteiger partial charge is 0.240 e. The molecule has 0 unspecified atom stereocenters. The highest BCUT2D eigenvalue weighted by atomic mass is 32.2. The van der Waals surface area contributed by atoms with Crippen molar-refractivity contribution in [3.63, 3.8) is 0 Å². The van der Waals surface area contributed by atoms with Crippen LogP contribution < -0.4 is 10.2 Å². The molecule has 2 heterocycles. The summed E-state index contributed by atoms with van der Waals surface area (Å²) in [5.41, 5.74) is 2.29. The van der Waals surface area contributed by atoms with E-state index in [1.807, 2.05) is 36.9 Å². The molecular formula is C16H20N4OS2. The molecule has 0 aliphatic carbocycles. The summed E-state index contributed by atoms with van der Waals surface area (Å²) in [6.07, 6.45) is 0.919. The number of rotatable bonds is 5. The first-order valence-electron chi connectivity index (χ1n) is 7.75. The summed E-state index contributed by atoms with van der Waals surface area (Å²) in [7, 11) is 0. The third kappa shape index (κ3) is 3.35. The van der Waals surface area contributed by atoms with Gasteiger partial charge in [-0.15, -0.1) is 10.2 Å². The molecule has 1 aliphatic rings. The highest BCUT2D eigenvalue weighted by molar-refractivity contribution is 8.02. The van der Waals surface area contributed by atoms with Gasteiger partial charge < -0.3 is 10.2 Å². The van der Waals surface area contributed by atoms with Gasteiger partial charge >= 0.3 is 0 Å². The maximum atomic E-state index is 12.9. The van der Waals surface area contributed by atoms with Crippen LogP contribution in [0.15, 0.2) is 28.6 Å². The SMILES string of the molecule is CCNc1nnc(S[C@@H](C)C(=O)N2c3ccccc3C[C@H]2C)s1. The molecule has 0 fully saturated rings. The molecule has 1 aromatic heterocycles. The lowest BCUT2D eigenvalue weighted by Crippen LogP contribution is -2.40. The van der Waals surface area contributed by atoms with Gasteiger partial charge in [0.05, 0.1) is 5.25 Å². The van der Waals surface area contributed by atoms with Crippen LogP contribution in [0, 0.1) is 0 Å². The molecule has 0 radical (unpaired) electrons. The average molecular weight is 348 g/mol. The molecule has 0 saturated heterocycles. The Kier molecular flexibility index (Phi) is 4.87. The van der Waals surface area contributed by atoms with Crippen LogP contribution in [0.25, 0.3) is 0 Å². The van der Waals surface area contributed by atoms with Gasteiger partial charge in [-0.2, -0.15) is 0 Å². The summed E-state index contributed by atoms with van der Waals surface area (Å²) in [6, 6.07) is 8.35. The van der Waals surface area contributed by atoms with Crippen molar-refractivity contribution in [2.75, 3.05) is 16.8 Å². The van der Waals surface area contributed by atoms with E-state index in [-0.39, 0.29) is 17.2 Å². The van der Waals surface area contributed by atoms with E-state index < -0.39 is 0 Å². The van der Waals surface area contributed by atoms with Gasteiger partial charge in [0.1, 0.15) is 0 Å². The molecule has 0 saturated carbocycles. The normalized spacial score (nSPS) is 17.9. The summed E-state index contributed by atoms with van der Waals surface area (Å²) in [4.78, 5) is 14.8. The van der Waals surface area contributed by atoms with Crippen molar-refractivity contribution >= 4 is 39.8 Å². The number of thioether (sulfide) groups is 1. The molecule has 122 valence electrons. The molecule has 3 rings (SSSR count). The highest BCUT2D eigenvalue weighted by Crippen LogP contribution is 2.35. The monoisotopic (exact) mass is 348 g/mol. The molecule has 2 atom stereocenters. The Bertz CT molecular complexity index is 703. The summed E-state index contributed by atoms with van der Waals surface area (Å²) in [5, 5.41) is 12.0. The second-order valence-corrected chi connectivity index (χ2v) is 8.12. The van der Waals surface area contributed by atoms with E-state index in [2.05, 4.69) is 28.5 Å². The molecule has 1 aliphatic heterocycles. The summed E-state index contributed by atoms with van der Waals surface area (Å²) < 4.78 is 0.821. The molecule has 0 bridgehead atoms. The first kappa shape index (κ1) is 16.3. The van der Waals surface area contributed by atoms with Crippen molar-refractivity contribution in [3.05, 3.63) is 29.8 Å². The molecule has 2 aromatic rings. The number of aromatic nitrogens is 2. The lowest BCUT2D eigenvalue weighted by atomic mass is 10.1. The number of carbonyl (C=O) groups excluding carboxylic acids is 1. The number of nitrogens with zero attached hydrogens (tertiary/aromatic N) is 3. The molecular weight excluding hydrogens is 328 g/mol. The average Bonchev–Trinajstić information content (AvgIpc) is 3.10. The lowest BCUT2D eigenvalue weighted by molar-refractivity contribution is -0.118. The van der Waals surface area contributed by atoms with Crippen LogP contribution in [0.5, 0.6) is 0 Å². The van der Waals surface area contributed by atoms with Gasteiger partial charge in [-0.1, -0.05) is 41.3 Å². The van der Waals surface area contributed by atoms with Crippen LogP contribution in [-0.2, 0) is 11.2 Å². The minimum atomic E-state index is -0.189. The van der Waals surface area contributed by atoms with E-state index in [1.165, 1.54) is 28.7 Å². The van der Waals surface area contributed by atoms with Crippen molar-refractivity contribution in [1.82, 2.24) is 10.2 Å². The molecule has 1 amide bonds. The quantitative estimate of drug-likeness (QED) is 0.839. The molecule has 1 N–H and O–H groups in total. The number of benzene rings is 1. The number of nitrogens with one attached hydrogen (secondary N) is 1. The minimum Gasteiger partial charge on any atom is -0.360 e. The number of carbonyl (C=O) groups is 1. The Morgan fingerprint density at radius 1 is 1.48 bits per heavy atom. The third-order valence-electron chi connectivity index (χ3n) is 3.80. The molecule has 7 heteroatoms. The third-order valence-corrected chi connectivity index (χ3v) is 5.86. The van der Waals surface area contributed by atoms with Crippen molar-refractivity contribution < 1.29 is 4.79 Å². The van der Waals surface area contributed by atoms with Crippen LogP contribution in [0.4, 0.5) is 10.8 Å². The van der Waals surface area contributed by atoms with Crippen molar-refractivity contribution in [2.24, 2.45) is 0 Å². The number of amides is 1. The second kappa shape index (κ2) is 6.88. The fourth-order valence-corrected chi connectivity index (χ4v) is 4.79. The van der Waals surface area contributed by atoms with E-state index in [0.29, 0.717) is 0 Å². The van der Waals surface area contributed by atoms with Gasteiger partial charge in [0, 0.05) is 18.3 Å². The van der Waals surface area contributed by atoms with Crippen LogP contribution in [0.3, 0.4) is 0 Å². The summed E-state index contributed by atoms with van der Waals surface area (Å²) in [6.45, 7) is 6.88. The lowest BCUT2D eigenvalue weighted by Gasteiger charge is -2.25. The van der Waals surface area contributed by atoms with Crippen molar-refractivity contribution in [1.29, 1.82) is 0 Å². The van der Waals surface area contributed by atoms with E-state index >= 15 is 0 Å². The Morgan fingerprint density at radius 2 is 2.26 bits per heavy atom. The number of hydrogen-bond donors (Lipinski definition) is 1. The molecule has 23 heavy (non-hydrogen) atoms. The number of fused-ring (bicyclic) bond motifs is 1. The Balaban J connectivity index is 1.72. The van der Waals surface area contributed by atoms with Gasteiger partial charge in [0.15, 0.2) is 4.34 Å². The maximum absolute atomic E-state index is 12.9. The Morgan fingerprint density at radius 3 is 3.04 bits per heavy atom. The van der Waals surface area contributed by atoms with Gasteiger partial charge in [0.2, 0.25) is 11.0 Å². The zero-order valence-corrected chi connectivity index (χ0v) is 15.1. The van der Waals surface area contributed by atoms with Crippen LogP contribution in [0.1, 0.15) is 26.3 Å². The van der Waals surface area contributed by atoms with Crippen LogP contribution in [-0.4, -0.2) is 33.9 Å². The van der Waals surface area contributed by atoms with E-state index in [9.17, 15) is 4.79 Å². The fourth-order valence-electron chi connectivity index (χ4n) is 2.78. The Hall–Kier alpha value is -1.60. The van der Waals surface area contributed by atoms with Gasteiger partial charge in [0.25, 0.3) is 0 Å². The molecule has 1 aromatic carbocycles. The minimum absolute atomic E-state index is 0.132. The molecule has 0 spiro atoms. The van der Waals surface area contributed by atoms with E-state index in [1.54, 1.807) is 0 Å². The predicted octanol–water partition coefficient (Wildman–Crippen LogP) is 3.43. The number of para-hydroxylation sites is 1. The van der Waals surface area contributed by atoms with Gasteiger partial charge in [-0.3, -0.25) is 4.79 Å². The van der Waals surface area contributed by atoms with Crippen molar-refractivity contribution in [3.8, 4) is 0 Å². The highest BCUT2D eigenvalue weighted by Gasteiger charge is 2.33. The topological polar surface area (TPSA) is 58.1 Å². The second-order valence-electron chi connectivity index (χ2n) is 5.55. The largest absolute Gasteiger partial charge is 0.360 e. The Labute approximate surface area is 144 Å². The predicted molar refractivity (Wildman–Crippen MR) is 96.5 cm³/mol. The van der Waals surface area contributed by atoms with Gasteiger partial charge in [-0.05, 0) is 38.8 Å². The molecule has 5 nitrogen and oxygen atoms in total. The first-order valence-corrected chi connectivity index (χ1v) is 9.44. The van der Waals surface area contributed by atoms with Crippen molar-refractivity contribution in [2.45, 2.75) is 42.8 Å². The van der Waals surface area contributed by atoms with E-state index in [4.69, 9.17) is 0 Å². The fraction of sp³-hybridized carbons (Fsp3) is 0.438. The maximum Gasteiger partial charge on any atom is 0.240 e. The van der Waals surface area contributed by atoms with E-state index in [0.717, 1.165) is 28.1 Å². The van der Waals surface area contributed by atoms with Crippen LogP contribution >= 0.6 is 23.1 Å². The standard InChI is InChI=1S/C16H20N4OS2/c1-4-17-15-18-19-16(23-15)22-11(3)14(21)20-10(2)9-12-7-5-6-8-13(12)20/h5-8,10-11H,4,9H2,1-3H3,(H,17,18)/t10-,11+/m1/s1. The van der Waals surface area contributed by atoms with Crippen LogP contribution in [0.2, 0.25) is 0 Å². The zero-order chi connectivity index (χ0) is 16.4. The van der Waals surface area contributed by atoms with Gasteiger partial charge in [-0.25, -0.2) is 0 Å².